The van der Waals surface area contributed by atoms with Gasteiger partial charge in [-0.15, -0.1) is 0 Å². The second kappa shape index (κ2) is 7.69. The van der Waals surface area contributed by atoms with Crippen molar-refractivity contribution in [1.82, 2.24) is 10.3 Å². The van der Waals surface area contributed by atoms with Gasteiger partial charge in [0.1, 0.15) is 0 Å². The third-order valence-electron chi connectivity index (χ3n) is 2.62. The molecule has 0 spiro atoms. The fourth-order valence-electron chi connectivity index (χ4n) is 1.62. The number of nitrogens with zero attached hydrogens (tertiary/aromatic N) is 1. The van der Waals surface area contributed by atoms with Crippen molar-refractivity contribution in [3.63, 3.8) is 0 Å². The van der Waals surface area contributed by atoms with E-state index >= 15 is 0 Å². The second-order valence-corrected chi connectivity index (χ2v) is 4.18. The number of amides is 1. The first-order chi connectivity index (χ1) is 9.84. The van der Waals surface area contributed by atoms with Crippen LogP contribution in [0.5, 0.6) is 0 Å². The highest BCUT2D eigenvalue weighted by Crippen LogP contribution is 2.00. The van der Waals surface area contributed by atoms with Crippen LogP contribution >= 0.6 is 0 Å². The van der Waals surface area contributed by atoms with Gasteiger partial charge in [0.15, 0.2) is 0 Å². The average Bonchev–Trinajstić information content (AvgIpc) is 2.52. The van der Waals surface area contributed by atoms with E-state index in [4.69, 9.17) is 0 Å². The number of carbonyl (C=O) groups excluding carboxylic acids is 1. The van der Waals surface area contributed by atoms with Gasteiger partial charge in [-0.1, -0.05) is 48.6 Å². The van der Waals surface area contributed by atoms with E-state index in [9.17, 15) is 4.79 Å². The zero-order valence-electron chi connectivity index (χ0n) is 11.1. The molecule has 2 aromatic rings. The van der Waals surface area contributed by atoms with E-state index in [0.29, 0.717) is 6.54 Å². The minimum Gasteiger partial charge on any atom is -0.349 e. The highest BCUT2D eigenvalue weighted by Gasteiger charge is 1.92. The number of nitrogens with one attached hydrogen (secondary N) is 1. The van der Waals surface area contributed by atoms with E-state index in [2.05, 4.69) is 10.3 Å². The van der Waals surface area contributed by atoms with Gasteiger partial charge in [-0.25, -0.2) is 0 Å². The molecule has 0 saturated heterocycles. The SMILES string of the molecule is O=C(C=Cc1cccnc1)NCC=Cc1ccccc1. The van der Waals surface area contributed by atoms with Crippen LogP contribution in [0.4, 0.5) is 0 Å². The van der Waals surface area contributed by atoms with Crippen LogP contribution in [0, 0.1) is 0 Å². The maximum atomic E-state index is 11.6. The Morgan fingerprint density at radius 3 is 2.60 bits per heavy atom. The van der Waals surface area contributed by atoms with Gasteiger partial charge in [0, 0.05) is 25.0 Å². The molecule has 20 heavy (non-hydrogen) atoms. The number of benzene rings is 1. The largest absolute Gasteiger partial charge is 0.349 e. The number of aromatic nitrogens is 1. The Hall–Kier alpha value is -2.68. The summed E-state index contributed by atoms with van der Waals surface area (Å²) >= 11 is 0. The average molecular weight is 264 g/mol. The van der Waals surface area contributed by atoms with E-state index in [1.165, 1.54) is 6.08 Å². The maximum Gasteiger partial charge on any atom is 0.244 e. The Morgan fingerprint density at radius 1 is 1.05 bits per heavy atom. The molecule has 0 saturated carbocycles. The van der Waals surface area contributed by atoms with Crippen LogP contribution in [-0.2, 0) is 4.79 Å². The number of pyridine rings is 1. The third-order valence-corrected chi connectivity index (χ3v) is 2.62. The fraction of sp³-hybridized carbons (Fsp3) is 0.0588. The van der Waals surface area contributed by atoms with Crippen molar-refractivity contribution in [3.05, 3.63) is 78.1 Å². The van der Waals surface area contributed by atoms with Crippen LogP contribution in [0.25, 0.3) is 12.2 Å². The summed E-state index contributed by atoms with van der Waals surface area (Å²) in [7, 11) is 0. The molecule has 1 N–H and O–H groups in total. The van der Waals surface area contributed by atoms with Gasteiger partial charge < -0.3 is 5.32 Å². The monoisotopic (exact) mass is 264 g/mol. The van der Waals surface area contributed by atoms with Crippen LogP contribution in [0.1, 0.15) is 11.1 Å². The van der Waals surface area contributed by atoms with Crippen LogP contribution in [0.2, 0.25) is 0 Å². The molecule has 0 aliphatic heterocycles. The quantitative estimate of drug-likeness (QED) is 0.844. The summed E-state index contributed by atoms with van der Waals surface area (Å²) in [6, 6.07) is 13.7. The molecule has 0 atom stereocenters. The van der Waals surface area contributed by atoms with Gasteiger partial charge in [-0.05, 0) is 23.3 Å². The highest BCUT2D eigenvalue weighted by molar-refractivity contribution is 5.91. The Bertz CT molecular complexity index is 589. The Kier molecular flexibility index (Phi) is 5.28. The smallest absolute Gasteiger partial charge is 0.244 e. The van der Waals surface area contributed by atoms with Crippen molar-refractivity contribution in [2.75, 3.05) is 6.54 Å². The molecule has 1 amide bonds. The number of carbonyl (C=O) groups is 1. The van der Waals surface area contributed by atoms with Crippen LogP contribution in [0.3, 0.4) is 0 Å². The minimum absolute atomic E-state index is 0.119. The summed E-state index contributed by atoms with van der Waals surface area (Å²) in [4.78, 5) is 15.6. The topological polar surface area (TPSA) is 42.0 Å². The van der Waals surface area contributed by atoms with Gasteiger partial charge in [0.25, 0.3) is 0 Å². The lowest BCUT2D eigenvalue weighted by Gasteiger charge is -1.97. The first-order valence-corrected chi connectivity index (χ1v) is 6.42. The molecule has 1 aromatic heterocycles. The molecule has 3 nitrogen and oxygen atoms in total. The van der Waals surface area contributed by atoms with Crippen LogP contribution in [-0.4, -0.2) is 17.4 Å². The van der Waals surface area contributed by atoms with Crippen LogP contribution < -0.4 is 5.32 Å². The summed E-state index contributed by atoms with van der Waals surface area (Å²) < 4.78 is 0. The Balaban J connectivity index is 1.76. The predicted molar refractivity (Wildman–Crippen MR) is 81.8 cm³/mol. The second-order valence-electron chi connectivity index (χ2n) is 4.18. The molecular weight excluding hydrogens is 248 g/mol. The predicted octanol–water partition coefficient (Wildman–Crippen LogP) is 2.92. The molecule has 2 rings (SSSR count). The maximum absolute atomic E-state index is 11.6. The Labute approximate surface area is 118 Å². The zero-order chi connectivity index (χ0) is 14.0. The molecule has 0 aliphatic carbocycles. The lowest BCUT2D eigenvalue weighted by atomic mass is 10.2. The summed E-state index contributed by atoms with van der Waals surface area (Å²) in [6.45, 7) is 0.505. The number of hydrogen-bond donors (Lipinski definition) is 1. The molecule has 0 fully saturated rings. The van der Waals surface area contributed by atoms with Crippen molar-refractivity contribution in [2.24, 2.45) is 0 Å². The molecule has 3 heteroatoms. The van der Waals surface area contributed by atoms with E-state index in [0.717, 1.165) is 11.1 Å². The van der Waals surface area contributed by atoms with E-state index in [1.807, 2.05) is 54.6 Å². The normalized spacial score (nSPS) is 11.0. The van der Waals surface area contributed by atoms with Crippen molar-refractivity contribution in [1.29, 1.82) is 0 Å². The molecule has 0 unspecified atom stereocenters. The molecule has 100 valence electrons. The van der Waals surface area contributed by atoms with Crippen LogP contribution in [0.15, 0.2) is 67.0 Å². The van der Waals surface area contributed by atoms with Crippen molar-refractivity contribution >= 4 is 18.1 Å². The van der Waals surface area contributed by atoms with Gasteiger partial charge in [-0.3, -0.25) is 9.78 Å². The summed E-state index contributed by atoms with van der Waals surface area (Å²) in [6.07, 6.45) is 10.6. The minimum atomic E-state index is -0.119. The Morgan fingerprint density at radius 2 is 1.85 bits per heavy atom. The van der Waals surface area contributed by atoms with Crippen molar-refractivity contribution in [3.8, 4) is 0 Å². The van der Waals surface area contributed by atoms with Crippen molar-refractivity contribution < 1.29 is 4.79 Å². The van der Waals surface area contributed by atoms with Gasteiger partial charge in [-0.2, -0.15) is 0 Å². The standard InChI is InChI=1S/C17H16N2O/c20-17(11-10-16-9-4-12-18-14-16)19-13-5-8-15-6-2-1-3-7-15/h1-12,14H,13H2,(H,19,20). The lowest BCUT2D eigenvalue weighted by Crippen LogP contribution is -2.20. The number of rotatable bonds is 5. The summed E-state index contributed by atoms with van der Waals surface area (Å²) in [5.74, 6) is -0.119. The van der Waals surface area contributed by atoms with Gasteiger partial charge >= 0.3 is 0 Å². The third kappa shape index (κ3) is 4.90. The molecule has 1 heterocycles. The molecule has 1 aromatic carbocycles. The molecule has 0 bridgehead atoms. The summed E-state index contributed by atoms with van der Waals surface area (Å²) in [5.41, 5.74) is 2.02. The number of hydrogen-bond acceptors (Lipinski definition) is 2. The zero-order valence-corrected chi connectivity index (χ0v) is 11.1. The molecule has 0 aliphatic rings. The lowest BCUT2D eigenvalue weighted by molar-refractivity contribution is -0.116. The van der Waals surface area contributed by atoms with E-state index < -0.39 is 0 Å². The highest BCUT2D eigenvalue weighted by atomic mass is 16.1. The van der Waals surface area contributed by atoms with Crippen molar-refractivity contribution in [2.45, 2.75) is 0 Å². The van der Waals surface area contributed by atoms with E-state index in [-0.39, 0.29) is 5.91 Å². The van der Waals surface area contributed by atoms with Gasteiger partial charge in [0.2, 0.25) is 5.91 Å². The fourth-order valence-corrected chi connectivity index (χ4v) is 1.62. The first-order valence-electron chi connectivity index (χ1n) is 6.42. The van der Waals surface area contributed by atoms with E-state index in [1.54, 1.807) is 18.5 Å². The molecule has 0 radical (unpaired) electrons. The first kappa shape index (κ1) is 13.7. The molecular formula is C17H16N2O. The summed E-state index contributed by atoms with van der Waals surface area (Å²) in [5, 5.41) is 2.79. The van der Waals surface area contributed by atoms with Gasteiger partial charge in [0.05, 0.1) is 0 Å².